The Balaban J connectivity index is 2.08. The molecule has 0 nitrogen and oxygen atoms in total. The van der Waals surface area contributed by atoms with E-state index in [-0.39, 0.29) is 5.82 Å². The molecular weight excluding hydrogens is 406 g/mol. The maximum Gasteiger partial charge on any atom is 0.126 e. The Kier molecular flexibility index (Phi) is 6.06. The van der Waals surface area contributed by atoms with Crippen LogP contribution in [0.5, 0.6) is 0 Å². The number of rotatable bonds is 5. The zero-order chi connectivity index (χ0) is 14.5. The Morgan fingerprint density at radius 1 is 1.05 bits per heavy atom. The van der Waals surface area contributed by atoms with Crippen molar-refractivity contribution in [1.82, 2.24) is 0 Å². The highest BCUT2D eigenvalue weighted by molar-refractivity contribution is 9.10. The lowest BCUT2D eigenvalue weighted by Crippen LogP contribution is -2.11. The molecule has 0 heterocycles. The van der Waals surface area contributed by atoms with Gasteiger partial charge in [0.15, 0.2) is 0 Å². The van der Waals surface area contributed by atoms with E-state index in [1.165, 1.54) is 11.6 Å². The van der Waals surface area contributed by atoms with Crippen molar-refractivity contribution in [2.45, 2.75) is 12.8 Å². The molecule has 0 aliphatic carbocycles. The first kappa shape index (κ1) is 16.0. The molecule has 0 aliphatic rings. The van der Waals surface area contributed by atoms with Crippen LogP contribution in [0.4, 0.5) is 4.39 Å². The minimum absolute atomic E-state index is 0.184. The molecular formula is C16H14Br2ClF. The Morgan fingerprint density at radius 2 is 1.75 bits per heavy atom. The smallest absolute Gasteiger partial charge is 0.126 e. The quantitative estimate of drug-likeness (QED) is 0.518. The van der Waals surface area contributed by atoms with Crippen molar-refractivity contribution in [1.29, 1.82) is 0 Å². The summed E-state index contributed by atoms with van der Waals surface area (Å²) in [7, 11) is 0. The lowest BCUT2D eigenvalue weighted by atomic mass is 9.94. The molecule has 4 heteroatoms. The van der Waals surface area contributed by atoms with Gasteiger partial charge in [-0.05, 0) is 60.2 Å². The number of alkyl halides is 1. The van der Waals surface area contributed by atoms with E-state index >= 15 is 0 Å². The predicted molar refractivity (Wildman–Crippen MR) is 90.2 cm³/mol. The second kappa shape index (κ2) is 7.58. The van der Waals surface area contributed by atoms with Crippen LogP contribution in [-0.4, -0.2) is 5.33 Å². The predicted octanol–water partition coefficient (Wildman–Crippen LogP) is 6.04. The SMILES string of the molecule is Fc1ccc(Cl)cc1CC(CBr)Cc1ccc(Br)cc1. The van der Waals surface area contributed by atoms with E-state index in [4.69, 9.17) is 11.6 Å². The molecule has 20 heavy (non-hydrogen) atoms. The Bertz CT molecular complexity index is 569. The third-order valence-electron chi connectivity index (χ3n) is 3.17. The first-order valence-electron chi connectivity index (χ1n) is 6.33. The highest BCUT2D eigenvalue weighted by Crippen LogP contribution is 2.22. The molecule has 0 radical (unpaired) electrons. The maximum atomic E-state index is 13.8. The van der Waals surface area contributed by atoms with E-state index in [2.05, 4.69) is 44.0 Å². The van der Waals surface area contributed by atoms with E-state index < -0.39 is 0 Å². The molecule has 1 atom stereocenters. The van der Waals surface area contributed by atoms with Gasteiger partial charge in [0, 0.05) is 14.8 Å². The standard InChI is InChI=1S/C16H14Br2ClF/c17-10-12(7-11-1-3-14(18)4-2-11)8-13-9-15(19)5-6-16(13)20/h1-6,9,12H,7-8,10H2. The third-order valence-corrected chi connectivity index (χ3v) is 4.85. The average Bonchev–Trinajstić information content (AvgIpc) is 2.44. The molecule has 0 aliphatic heterocycles. The fraction of sp³-hybridized carbons (Fsp3) is 0.250. The van der Waals surface area contributed by atoms with Crippen LogP contribution >= 0.6 is 43.5 Å². The van der Waals surface area contributed by atoms with Crippen LogP contribution in [-0.2, 0) is 12.8 Å². The molecule has 0 N–H and O–H groups in total. The molecule has 0 bridgehead atoms. The van der Waals surface area contributed by atoms with Crippen molar-refractivity contribution in [3.8, 4) is 0 Å². The van der Waals surface area contributed by atoms with Crippen molar-refractivity contribution < 1.29 is 4.39 Å². The molecule has 0 fully saturated rings. The largest absolute Gasteiger partial charge is 0.207 e. The Labute approximate surface area is 140 Å². The molecule has 106 valence electrons. The molecule has 0 amide bonds. The highest BCUT2D eigenvalue weighted by atomic mass is 79.9. The summed E-state index contributed by atoms with van der Waals surface area (Å²) >= 11 is 12.9. The van der Waals surface area contributed by atoms with Crippen LogP contribution in [0.2, 0.25) is 5.02 Å². The van der Waals surface area contributed by atoms with Crippen molar-refractivity contribution in [3.05, 3.63) is 68.9 Å². The number of hydrogen-bond acceptors (Lipinski definition) is 0. The van der Waals surface area contributed by atoms with Gasteiger partial charge in [0.2, 0.25) is 0 Å². The van der Waals surface area contributed by atoms with Crippen molar-refractivity contribution in [3.63, 3.8) is 0 Å². The van der Waals surface area contributed by atoms with Crippen LogP contribution in [0.3, 0.4) is 0 Å². The fourth-order valence-corrected chi connectivity index (χ4v) is 3.06. The summed E-state index contributed by atoms with van der Waals surface area (Å²) in [5.74, 6) is 0.153. The minimum atomic E-state index is -0.184. The monoisotopic (exact) mass is 418 g/mol. The first-order valence-corrected chi connectivity index (χ1v) is 8.62. The topological polar surface area (TPSA) is 0 Å². The van der Waals surface area contributed by atoms with Crippen LogP contribution in [0.15, 0.2) is 46.9 Å². The summed E-state index contributed by atoms with van der Waals surface area (Å²) in [6.45, 7) is 0. The zero-order valence-corrected chi connectivity index (χ0v) is 14.7. The van der Waals surface area contributed by atoms with E-state index in [0.29, 0.717) is 22.9 Å². The lowest BCUT2D eigenvalue weighted by molar-refractivity contribution is 0.550. The van der Waals surface area contributed by atoms with Crippen molar-refractivity contribution >= 4 is 43.5 Å². The Hall–Kier alpha value is -0.380. The van der Waals surface area contributed by atoms with Gasteiger partial charge in [-0.1, -0.05) is 55.6 Å². The van der Waals surface area contributed by atoms with Gasteiger partial charge in [-0.15, -0.1) is 0 Å². The molecule has 0 aromatic heterocycles. The number of halogens is 4. The van der Waals surface area contributed by atoms with Gasteiger partial charge < -0.3 is 0 Å². The van der Waals surface area contributed by atoms with Gasteiger partial charge in [-0.25, -0.2) is 4.39 Å². The normalized spacial score (nSPS) is 12.4. The van der Waals surface area contributed by atoms with E-state index in [1.54, 1.807) is 12.1 Å². The summed E-state index contributed by atoms with van der Waals surface area (Å²) < 4.78 is 14.8. The zero-order valence-electron chi connectivity index (χ0n) is 10.8. The summed E-state index contributed by atoms with van der Waals surface area (Å²) in [5, 5.41) is 1.41. The van der Waals surface area contributed by atoms with E-state index in [0.717, 1.165) is 16.2 Å². The number of benzene rings is 2. The lowest BCUT2D eigenvalue weighted by Gasteiger charge is -2.15. The van der Waals surface area contributed by atoms with Crippen LogP contribution in [0.1, 0.15) is 11.1 Å². The molecule has 2 rings (SSSR count). The van der Waals surface area contributed by atoms with Crippen molar-refractivity contribution in [2.75, 3.05) is 5.33 Å². The molecule has 2 aromatic rings. The van der Waals surface area contributed by atoms with Gasteiger partial charge >= 0.3 is 0 Å². The van der Waals surface area contributed by atoms with Crippen LogP contribution in [0.25, 0.3) is 0 Å². The second-order valence-electron chi connectivity index (χ2n) is 4.79. The number of hydrogen-bond donors (Lipinski definition) is 0. The van der Waals surface area contributed by atoms with Crippen molar-refractivity contribution in [2.24, 2.45) is 5.92 Å². The summed E-state index contributed by atoms with van der Waals surface area (Å²) in [6, 6.07) is 13.0. The molecule has 2 aromatic carbocycles. The van der Waals surface area contributed by atoms with Gasteiger partial charge in [-0.2, -0.15) is 0 Å². The summed E-state index contributed by atoms with van der Waals surface area (Å²) in [5.41, 5.74) is 1.93. The minimum Gasteiger partial charge on any atom is -0.207 e. The maximum absolute atomic E-state index is 13.8. The van der Waals surface area contributed by atoms with Gasteiger partial charge in [0.1, 0.15) is 5.82 Å². The third kappa shape index (κ3) is 4.57. The van der Waals surface area contributed by atoms with Crippen LogP contribution in [0, 0.1) is 11.7 Å². The van der Waals surface area contributed by atoms with E-state index in [9.17, 15) is 4.39 Å². The molecule has 1 unspecified atom stereocenters. The highest BCUT2D eigenvalue weighted by Gasteiger charge is 2.13. The van der Waals surface area contributed by atoms with Gasteiger partial charge in [0.05, 0.1) is 0 Å². The second-order valence-corrected chi connectivity index (χ2v) is 6.79. The molecule has 0 spiro atoms. The van der Waals surface area contributed by atoms with E-state index in [1.807, 2.05) is 12.1 Å². The fourth-order valence-electron chi connectivity index (χ4n) is 2.15. The first-order chi connectivity index (χ1) is 9.58. The Morgan fingerprint density at radius 3 is 2.40 bits per heavy atom. The molecule has 0 saturated heterocycles. The average molecular weight is 421 g/mol. The summed E-state index contributed by atoms with van der Waals surface area (Å²) in [4.78, 5) is 0. The van der Waals surface area contributed by atoms with Gasteiger partial charge in [0.25, 0.3) is 0 Å². The summed E-state index contributed by atoms with van der Waals surface area (Å²) in [6.07, 6.45) is 1.58. The van der Waals surface area contributed by atoms with Crippen LogP contribution < -0.4 is 0 Å². The van der Waals surface area contributed by atoms with Gasteiger partial charge in [-0.3, -0.25) is 0 Å². The molecule has 0 saturated carbocycles.